The number of hydrogen-bond donors (Lipinski definition) is 3. The minimum atomic E-state index is -4.59. The zero-order valence-corrected chi connectivity index (χ0v) is 19.4. The fourth-order valence-corrected chi connectivity index (χ4v) is 2.91. The summed E-state index contributed by atoms with van der Waals surface area (Å²) in [6.07, 6.45) is 0. The molecule has 0 bridgehead atoms. The van der Waals surface area contributed by atoms with Crippen LogP contribution in [0.3, 0.4) is 0 Å². The van der Waals surface area contributed by atoms with Crippen molar-refractivity contribution in [2.24, 2.45) is 10.2 Å². The number of halogens is 1. The van der Waals surface area contributed by atoms with E-state index in [9.17, 15) is 27.7 Å². The summed E-state index contributed by atoms with van der Waals surface area (Å²) in [6.45, 7) is 0. The molecule has 0 radical (unpaired) electrons. The molecule has 0 aliphatic rings. The largest absolute Gasteiger partial charge is 1.00 e. The molecule has 3 aromatic carbocycles. The van der Waals surface area contributed by atoms with Crippen LogP contribution in [0.15, 0.2) is 79.3 Å². The van der Waals surface area contributed by atoms with E-state index < -0.39 is 31.2 Å². The number of nitrogens with one attached hydrogen (secondary N) is 2. The summed E-state index contributed by atoms with van der Waals surface area (Å²) in [7, 11) is -4.59. The van der Waals surface area contributed by atoms with E-state index in [1.807, 2.05) is 0 Å². The summed E-state index contributed by atoms with van der Waals surface area (Å²) < 4.78 is 32.8. The van der Waals surface area contributed by atoms with E-state index in [1.165, 1.54) is 36.4 Å². The first-order chi connectivity index (χ1) is 14.1. The van der Waals surface area contributed by atoms with Crippen molar-refractivity contribution < 1.29 is 47.6 Å². The number of nitrogens with zero attached hydrogens (tertiary/aromatic N) is 2. The summed E-state index contributed by atoms with van der Waals surface area (Å²) in [5.41, 5.74) is 3.94. The Morgan fingerprint density at radius 2 is 1.61 bits per heavy atom. The zero-order chi connectivity index (χ0) is 21.9. The van der Waals surface area contributed by atoms with Crippen LogP contribution in [0.4, 0.5) is 11.4 Å². The first-order valence-electron chi connectivity index (χ1n) is 8.14. The Hall–Kier alpha value is -2.54. The SMILES string of the molecule is O=c1cc/c(=N/Nc2ccc(Cl)cc2O)c(=O)/c1=N/Nc1ccc(S(=O)(=O)[O-])cc1.[Na+]. The number of hydrogen-bond acceptors (Lipinski definition) is 10. The smallest absolute Gasteiger partial charge is 0.744 e. The Bertz CT molecular complexity index is 1440. The third-order valence-corrected chi connectivity index (χ3v) is 4.85. The standard InChI is InChI=1S/C18H13ClN4O6S.Na/c19-10-1-6-13(16(25)9-10)21-22-14-7-8-15(24)17(18(14)26)23-20-11-2-4-12(5-3-11)30(27,28)29;/h1-9,20-21,25H,(H,27,28,29);/q;+1/p-1/b22-14-,23-17+;. The third kappa shape index (κ3) is 6.23. The first kappa shape index (κ1) is 24.7. The van der Waals surface area contributed by atoms with Crippen molar-refractivity contribution in [1.29, 1.82) is 0 Å². The van der Waals surface area contributed by atoms with Crippen LogP contribution in [0.2, 0.25) is 5.02 Å². The van der Waals surface area contributed by atoms with Crippen molar-refractivity contribution in [3.63, 3.8) is 0 Å². The van der Waals surface area contributed by atoms with Crippen LogP contribution in [0, 0.1) is 0 Å². The van der Waals surface area contributed by atoms with Crippen molar-refractivity contribution in [2.75, 3.05) is 10.9 Å². The van der Waals surface area contributed by atoms with Crippen LogP contribution >= 0.6 is 11.6 Å². The van der Waals surface area contributed by atoms with Gasteiger partial charge in [-0.3, -0.25) is 20.4 Å². The Morgan fingerprint density at radius 3 is 2.23 bits per heavy atom. The first-order valence-corrected chi connectivity index (χ1v) is 9.93. The molecule has 0 saturated carbocycles. The summed E-state index contributed by atoms with van der Waals surface area (Å²) in [5.74, 6) is -0.186. The van der Waals surface area contributed by atoms with E-state index in [2.05, 4.69) is 21.1 Å². The molecule has 3 aromatic rings. The van der Waals surface area contributed by atoms with Gasteiger partial charge in [-0.1, -0.05) is 11.6 Å². The maximum absolute atomic E-state index is 12.5. The van der Waals surface area contributed by atoms with Crippen molar-refractivity contribution in [1.82, 2.24) is 0 Å². The molecule has 154 valence electrons. The summed E-state index contributed by atoms with van der Waals surface area (Å²) in [5, 5.41) is 17.1. The predicted molar refractivity (Wildman–Crippen MR) is 107 cm³/mol. The third-order valence-electron chi connectivity index (χ3n) is 3.77. The topological polar surface area (TPSA) is 160 Å². The minimum Gasteiger partial charge on any atom is -0.744 e. The molecule has 13 heteroatoms. The number of anilines is 2. The van der Waals surface area contributed by atoms with Crippen LogP contribution in [-0.4, -0.2) is 18.1 Å². The molecule has 0 amide bonds. The fourth-order valence-electron chi connectivity index (χ4n) is 2.27. The van der Waals surface area contributed by atoms with Crippen molar-refractivity contribution in [3.8, 4) is 5.75 Å². The average Bonchev–Trinajstić information content (AvgIpc) is 2.68. The predicted octanol–water partition coefficient (Wildman–Crippen LogP) is -2.59. The minimum absolute atomic E-state index is 0. The van der Waals surface area contributed by atoms with Crippen molar-refractivity contribution in [2.45, 2.75) is 4.90 Å². The van der Waals surface area contributed by atoms with Gasteiger partial charge in [0.2, 0.25) is 10.9 Å². The molecule has 0 spiro atoms. The monoisotopic (exact) mass is 470 g/mol. The summed E-state index contributed by atoms with van der Waals surface area (Å²) in [4.78, 5) is 24.0. The van der Waals surface area contributed by atoms with E-state index >= 15 is 0 Å². The quantitative estimate of drug-likeness (QED) is 0.158. The molecule has 10 nitrogen and oxygen atoms in total. The molecule has 3 rings (SSSR count). The second kappa shape index (κ2) is 10.2. The van der Waals surface area contributed by atoms with Gasteiger partial charge < -0.3 is 9.66 Å². The molecule has 0 unspecified atom stereocenters. The molecule has 3 N–H and O–H groups in total. The van der Waals surface area contributed by atoms with E-state index in [1.54, 1.807) is 0 Å². The Morgan fingerprint density at radius 1 is 0.935 bits per heavy atom. The maximum atomic E-state index is 12.5. The molecule has 0 fully saturated rings. The van der Waals surface area contributed by atoms with Gasteiger partial charge in [0, 0.05) is 11.1 Å². The Kier molecular flexibility index (Phi) is 8.12. The number of benzene rings is 3. The molecule has 0 aliphatic heterocycles. The van der Waals surface area contributed by atoms with Gasteiger partial charge in [0.15, 0.2) is 5.36 Å². The molecule has 0 heterocycles. The summed E-state index contributed by atoms with van der Waals surface area (Å²) >= 11 is 5.75. The van der Waals surface area contributed by atoms with Gasteiger partial charge >= 0.3 is 29.6 Å². The second-order valence-corrected chi connectivity index (χ2v) is 7.66. The Labute approximate surface area is 202 Å². The van der Waals surface area contributed by atoms with Gasteiger partial charge in [-0.25, -0.2) is 8.42 Å². The van der Waals surface area contributed by atoms with Gasteiger partial charge in [-0.05, 0) is 48.5 Å². The molecule has 31 heavy (non-hydrogen) atoms. The van der Waals surface area contributed by atoms with Crippen LogP contribution in [-0.2, 0) is 10.1 Å². The number of aromatic hydroxyl groups is 1. The number of phenols is 1. The summed E-state index contributed by atoms with van der Waals surface area (Å²) in [6, 6.07) is 11.2. The van der Waals surface area contributed by atoms with Gasteiger partial charge in [-0.15, -0.1) is 0 Å². The van der Waals surface area contributed by atoms with Crippen LogP contribution in [0.5, 0.6) is 5.75 Å². The van der Waals surface area contributed by atoms with Crippen LogP contribution in [0.1, 0.15) is 0 Å². The van der Waals surface area contributed by atoms with Crippen molar-refractivity contribution in [3.05, 3.63) is 90.8 Å². The molecule has 0 aliphatic carbocycles. The van der Waals surface area contributed by atoms with E-state index in [0.29, 0.717) is 5.02 Å². The molecule has 0 atom stereocenters. The molecular weight excluding hydrogens is 459 g/mol. The van der Waals surface area contributed by atoms with Gasteiger partial charge in [0.25, 0.3) is 0 Å². The molecular formula is C18H12ClN4NaO6S. The zero-order valence-electron chi connectivity index (χ0n) is 15.9. The van der Waals surface area contributed by atoms with E-state index in [4.69, 9.17) is 11.6 Å². The van der Waals surface area contributed by atoms with E-state index in [-0.39, 0.29) is 52.0 Å². The van der Waals surface area contributed by atoms with Gasteiger partial charge in [0.1, 0.15) is 21.2 Å². The van der Waals surface area contributed by atoms with Crippen LogP contribution < -0.4 is 62.0 Å². The normalized spacial score (nSPS) is 12.3. The number of phenolic OH excluding ortho intramolecular Hbond substituents is 1. The molecule has 0 saturated heterocycles. The second-order valence-electron chi connectivity index (χ2n) is 5.85. The molecule has 0 aromatic heterocycles. The Balaban J connectivity index is 0.00000341. The van der Waals surface area contributed by atoms with E-state index in [0.717, 1.165) is 18.2 Å². The van der Waals surface area contributed by atoms with Crippen LogP contribution in [0.25, 0.3) is 0 Å². The number of rotatable bonds is 5. The fraction of sp³-hybridized carbons (Fsp3) is 0. The average molecular weight is 471 g/mol. The van der Waals surface area contributed by atoms with Crippen molar-refractivity contribution >= 4 is 33.1 Å². The maximum Gasteiger partial charge on any atom is 1.00 e. The van der Waals surface area contributed by atoms with Gasteiger partial charge in [-0.2, -0.15) is 10.2 Å². The van der Waals surface area contributed by atoms with Gasteiger partial charge in [0.05, 0.1) is 16.3 Å².